The average Bonchev–Trinajstić information content (AvgIpc) is 3.23. The van der Waals surface area contributed by atoms with Gasteiger partial charge in [0, 0.05) is 56.2 Å². The maximum atomic E-state index is 7.10. The molecule has 0 N–H and O–H groups in total. The molecule has 0 spiro atoms. The minimum Gasteiger partial charge on any atom is -0.456 e. The molecule has 2 aromatic heterocycles. The Kier molecular flexibility index (Phi) is 4.75. The van der Waals surface area contributed by atoms with E-state index in [1.54, 1.807) is 0 Å². The molecular formula is C50H24N2O2. The maximum absolute atomic E-state index is 7.10. The lowest BCUT2D eigenvalue weighted by Crippen LogP contribution is -1.98. The first-order valence-electron chi connectivity index (χ1n) is 18.4. The molecule has 2 aliphatic rings. The van der Waals surface area contributed by atoms with Crippen molar-refractivity contribution in [2.75, 3.05) is 0 Å². The van der Waals surface area contributed by atoms with Crippen LogP contribution < -0.4 is 0 Å². The summed E-state index contributed by atoms with van der Waals surface area (Å²) in [5, 5.41) is 19.2. The Morgan fingerprint density at radius 3 is 1.24 bits per heavy atom. The van der Waals surface area contributed by atoms with Gasteiger partial charge in [-0.15, -0.1) is 0 Å². The molecule has 0 unspecified atom stereocenters. The molecule has 2 aliphatic heterocycles. The third-order valence-electron chi connectivity index (χ3n) is 12.1. The minimum atomic E-state index is 0.856. The van der Waals surface area contributed by atoms with Crippen LogP contribution in [0, 0.1) is 0 Å². The predicted octanol–water partition coefficient (Wildman–Crippen LogP) is 13.9. The van der Waals surface area contributed by atoms with Crippen molar-refractivity contribution in [3.63, 3.8) is 0 Å². The van der Waals surface area contributed by atoms with E-state index in [-0.39, 0.29) is 0 Å². The first-order chi connectivity index (χ1) is 26.8. The zero-order valence-corrected chi connectivity index (χ0v) is 28.6. The summed E-state index contributed by atoms with van der Waals surface area (Å²) in [6.45, 7) is 0. The van der Waals surface area contributed by atoms with Gasteiger partial charge in [-0.25, -0.2) is 0 Å². The van der Waals surface area contributed by atoms with Crippen molar-refractivity contribution in [2.45, 2.75) is 0 Å². The van der Waals surface area contributed by atoms with Crippen molar-refractivity contribution in [3.8, 4) is 33.6 Å². The molecule has 246 valence electrons. The Morgan fingerprint density at radius 2 is 0.778 bits per heavy atom. The number of aromatic nitrogens is 2. The van der Waals surface area contributed by atoms with Gasteiger partial charge in [0.15, 0.2) is 0 Å². The highest BCUT2D eigenvalue weighted by Crippen LogP contribution is 2.55. The van der Waals surface area contributed by atoms with E-state index in [2.05, 4.69) is 109 Å². The second-order valence-electron chi connectivity index (χ2n) is 14.8. The number of nitrogens with zero attached hydrogens (tertiary/aromatic N) is 2. The monoisotopic (exact) mass is 684 g/mol. The smallest absolute Gasteiger partial charge is 0.136 e. The van der Waals surface area contributed by atoms with Gasteiger partial charge in [0.25, 0.3) is 0 Å². The molecule has 0 aliphatic carbocycles. The maximum Gasteiger partial charge on any atom is 0.136 e. The van der Waals surface area contributed by atoms with E-state index in [0.29, 0.717) is 0 Å². The lowest BCUT2D eigenvalue weighted by molar-refractivity contribution is 0.647. The van der Waals surface area contributed by atoms with Crippen LogP contribution in [0.1, 0.15) is 0 Å². The highest BCUT2D eigenvalue weighted by atomic mass is 16.3. The molecule has 4 heteroatoms. The van der Waals surface area contributed by atoms with Crippen LogP contribution in [0.15, 0.2) is 155 Å². The van der Waals surface area contributed by atoms with Crippen molar-refractivity contribution in [1.29, 1.82) is 0 Å². The van der Waals surface area contributed by atoms with Gasteiger partial charge in [0.1, 0.15) is 22.3 Å². The minimum absolute atomic E-state index is 0.856. The summed E-state index contributed by atoms with van der Waals surface area (Å²) in [6, 6.07) is 48.0. The zero-order chi connectivity index (χ0) is 34.8. The number of fused-ring (bicyclic) bond motifs is 4. The van der Waals surface area contributed by atoms with Crippen LogP contribution in [-0.2, 0) is 0 Å². The van der Waals surface area contributed by atoms with E-state index in [9.17, 15) is 0 Å². The van der Waals surface area contributed by atoms with E-state index >= 15 is 0 Å². The molecule has 0 fully saturated rings. The molecule has 12 aromatic rings. The number of benzene rings is 10. The quantitative estimate of drug-likeness (QED) is 0.134. The van der Waals surface area contributed by atoms with Gasteiger partial charge in [-0.05, 0) is 150 Å². The van der Waals surface area contributed by atoms with Crippen LogP contribution in [0.25, 0.3) is 142 Å². The highest BCUT2D eigenvalue weighted by Gasteiger charge is 2.30. The molecule has 4 nitrogen and oxygen atoms in total. The van der Waals surface area contributed by atoms with Crippen LogP contribution in [0.4, 0.5) is 0 Å². The van der Waals surface area contributed by atoms with Crippen LogP contribution in [0.5, 0.6) is 0 Å². The topological polar surface area (TPSA) is 52.1 Å². The van der Waals surface area contributed by atoms with E-state index < -0.39 is 0 Å². The Hall–Kier alpha value is -7.30. The normalized spacial score (nSPS) is 12.8. The first-order valence-corrected chi connectivity index (χ1v) is 18.4. The Balaban J connectivity index is 1.19. The number of hydrogen-bond donors (Lipinski definition) is 0. The van der Waals surface area contributed by atoms with E-state index in [0.717, 1.165) is 77.5 Å². The van der Waals surface area contributed by atoms with Crippen molar-refractivity contribution in [3.05, 3.63) is 146 Å². The summed E-state index contributed by atoms with van der Waals surface area (Å²) in [6.07, 6.45) is 3.72. The molecular weight excluding hydrogens is 661 g/mol. The van der Waals surface area contributed by atoms with Crippen LogP contribution in [0.3, 0.4) is 0 Å². The second-order valence-corrected chi connectivity index (χ2v) is 14.8. The summed E-state index contributed by atoms with van der Waals surface area (Å²) in [4.78, 5) is 9.46. The first kappa shape index (κ1) is 27.4. The average molecular weight is 685 g/mol. The van der Waals surface area contributed by atoms with Gasteiger partial charge in [0.05, 0.1) is 11.4 Å². The molecule has 4 heterocycles. The van der Waals surface area contributed by atoms with Gasteiger partial charge in [-0.3, -0.25) is 9.97 Å². The zero-order valence-electron chi connectivity index (χ0n) is 28.6. The highest BCUT2D eigenvalue weighted by molar-refractivity contribution is 6.42. The molecule has 0 saturated heterocycles. The number of hydrogen-bond acceptors (Lipinski definition) is 4. The molecule has 0 atom stereocenters. The third-order valence-corrected chi connectivity index (χ3v) is 12.1. The SMILES string of the molecule is c1ccc(-c2cc3cccc4c5ccc6oc7cc8c9cc(-c%10ccccn%10)cc%10cccc(c%11ccc%12oc%13cc(c(c2)c34)c5c6c%13-c7c%12c%118)c%109)nc1. The summed E-state index contributed by atoms with van der Waals surface area (Å²) in [5.41, 5.74) is 9.78. The Labute approximate surface area is 305 Å². The van der Waals surface area contributed by atoms with Gasteiger partial charge in [0.2, 0.25) is 0 Å². The molecule has 0 amide bonds. The fourth-order valence-corrected chi connectivity index (χ4v) is 10.1. The van der Waals surface area contributed by atoms with Crippen molar-refractivity contribution in [1.82, 2.24) is 9.97 Å². The molecule has 14 rings (SSSR count). The third kappa shape index (κ3) is 3.22. The molecule has 0 radical (unpaired) electrons. The summed E-state index contributed by atoms with van der Waals surface area (Å²) in [7, 11) is 0. The van der Waals surface area contributed by atoms with E-state index in [4.69, 9.17) is 18.8 Å². The lowest BCUT2D eigenvalue weighted by atomic mass is 9.82. The lowest BCUT2D eigenvalue weighted by Gasteiger charge is -2.24. The van der Waals surface area contributed by atoms with E-state index in [1.807, 2.05) is 36.7 Å². The fourth-order valence-electron chi connectivity index (χ4n) is 10.1. The summed E-state index contributed by atoms with van der Waals surface area (Å²) >= 11 is 0. The van der Waals surface area contributed by atoms with Gasteiger partial charge in [-0.1, -0.05) is 48.5 Å². The fraction of sp³-hybridized carbons (Fsp3) is 0. The molecule has 54 heavy (non-hydrogen) atoms. The summed E-state index contributed by atoms with van der Waals surface area (Å²) < 4.78 is 14.2. The van der Waals surface area contributed by atoms with Gasteiger partial charge < -0.3 is 8.83 Å². The number of rotatable bonds is 2. The van der Waals surface area contributed by atoms with Gasteiger partial charge in [-0.2, -0.15) is 0 Å². The Bertz CT molecular complexity index is 3570. The van der Waals surface area contributed by atoms with Crippen molar-refractivity contribution >= 4 is 109 Å². The largest absolute Gasteiger partial charge is 0.456 e. The second kappa shape index (κ2) is 9.37. The Morgan fingerprint density at radius 1 is 0.315 bits per heavy atom. The number of pyridine rings is 2. The van der Waals surface area contributed by atoms with Crippen LogP contribution >= 0.6 is 0 Å². The molecule has 10 aromatic carbocycles. The van der Waals surface area contributed by atoms with Crippen LogP contribution in [-0.4, -0.2) is 9.97 Å². The predicted molar refractivity (Wildman–Crippen MR) is 223 cm³/mol. The summed E-state index contributed by atoms with van der Waals surface area (Å²) in [5.74, 6) is 0. The standard InChI is InChI=1S/C50H24N2O2/c1-3-17-51-37(11-1)27-19-25-7-5-9-29-31-13-15-39-47-45(31)35(33(21-27)43(25)29)23-41-49(47)50-42(54-39)24-36-34-22-28(38-12-2-4-18-52-38)20-26-8-6-10-30(44(26)34)32-14-16-40(53-41)48(50)46(32)36/h1-24H. The van der Waals surface area contributed by atoms with Crippen molar-refractivity contribution < 1.29 is 8.83 Å². The van der Waals surface area contributed by atoms with Crippen molar-refractivity contribution in [2.24, 2.45) is 0 Å². The van der Waals surface area contributed by atoms with Crippen LogP contribution in [0.2, 0.25) is 0 Å². The van der Waals surface area contributed by atoms with Gasteiger partial charge >= 0.3 is 0 Å². The molecule has 0 bridgehead atoms. The van der Waals surface area contributed by atoms with E-state index in [1.165, 1.54) is 64.6 Å². The molecule has 0 saturated carbocycles.